The molecule has 2 heterocycles. The van der Waals surface area contributed by atoms with Gasteiger partial charge in [0.2, 0.25) is 0 Å². The molecule has 6 heteroatoms. The summed E-state index contributed by atoms with van der Waals surface area (Å²) < 4.78 is 28.7. The number of nitrogens with one attached hydrogen (secondary N) is 1. The Hall–Kier alpha value is -1.43. The molecule has 1 aromatic carbocycles. The molecule has 3 rings (SSSR count). The molecule has 1 fully saturated rings. The quantitative estimate of drug-likeness (QED) is 0.880. The molecule has 0 bridgehead atoms. The molecule has 0 spiro atoms. The summed E-state index contributed by atoms with van der Waals surface area (Å²) in [6.45, 7) is 1.64. The Morgan fingerprint density at radius 2 is 2.26 bits per heavy atom. The number of nitrogens with zero attached hydrogens (tertiary/aromatic N) is 1. The van der Waals surface area contributed by atoms with Gasteiger partial charge in [-0.05, 0) is 18.6 Å². The molecule has 5 nitrogen and oxygen atoms in total. The fraction of sp³-hybridized carbons (Fsp3) is 0.538. The minimum atomic E-state index is -2.86. The predicted molar refractivity (Wildman–Crippen MR) is 75.9 cm³/mol. The Bertz CT molecular complexity index is 586. The number of hydrogen-bond acceptors (Lipinski definition) is 5. The van der Waals surface area contributed by atoms with Crippen molar-refractivity contribution in [3.05, 3.63) is 18.2 Å². The minimum absolute atomic E-state index is 0.0953. The van der Waals surface area contributed by atoms with Crippen LogP contribution in [0, 0.1) is 0 Å². The molecule has 0 aliphatic carbocycles. The average molecular weight is 282 g/mol. The molecular formula is C13H18N2O3S. The Labute approximate surface area is 113 Å². The van der Waals surface area contributed by atoms with Gasteiger partial charge in [0.05, 0.1) is 24.3 Å². The Kier molecular flexibility index (Phi) is 3.05. The first-order chi connectivity index (χ1) is 9.11. The first-order valence-electron chi connectivity index (χ1n) is 6.49. The highest BCUT2D eigenvalue weighted by molar-refractivity contribution is 7.91. The van der Waals surface area contributed by atoms with Gasteiger partial charge >= 0.3 is 0 Å². The molecule has 1 N–H and O–H groups in total. The first kappa shape index (κ1) is 12.6. The highest BCUT2D eigenvalue weighted by Gasteiger charge is 2.34. The van der Waals surface area contributed by atoms with Crippen molar-refractivity contribution in [1.29, 1.82) is 0 Å². The molecule has 1 unspecified atom stereocenters. The summed E-state index contributed by atoms with van der Waals surface area (Å²) in [5.41, 5.74) is 2.02. The SMILES string of the molecule is COc1cccc2c1NCCN2C1CCS(=O)(=O)C1. The maximum Gasteiger partial charge on any atom is 0.152 e. The monoisotopic (exact) mass is 282 g/mol. The molecule has 2 aliphatic heterocycles. The van der Waals surface area contributed by atoms with Gasteiger partial charge in [-0.15, -0.1) is 0 Å². The number of ether oxygens (including phenoxy) is 1. The van der Waals surface area contributed by atoms with E-state index in [2.05, 4.69) is 10.2 Å². The van der Waals surface area contributed by atoms with E-state index in [1.165, 1.54) is 0 Å². The van der Waals surface area contributed by atoms with Crippen LogP contribution in [-0.2, 0) is 9.84 Å². The summed E-state index contributed by atoms with van der Waals surface area (Å²) in [7, 11) is -1.21. The summed E-state index contributed by atoms with van der Waals surface area (Å²) in [5, 5.41) is 3.34. The third-order valence-corrected chi connectivity index (χ3v) is 5.59. The normalized spacial score (nSPS) is 24.7. The van der Waals surface area contributed by atoms with E-state index in [0.29, 0.717) is 5.75 Å². The molecule has 0 amide bonds. The molecular weight excluding hydrogens is 264 g/mol. The number of methoxy groups -OCH3 is 1. The number of anilines is 2. The van der Waals surface area contributed by atoms with Crippen LogP contribution in [0.3, 0.4) is 0 Å². The Morgan fingerprint density at radius 3 is 2.95 bits per heavy atom. The number of para-hydroxylation sites is 1. The number of hydrogen-bond donors (Lipinski definition) is 1. The second-order valence-electron chi connectivity index (χ2n) is 5.03. The van der Waals surface area contributed by atoms with Crippen molar-refractivity contribution in [3.8, 4) is 5.75 Å². The minimum Gasteiger partial charge on any atom is -0.495 e. The van der Waals surface area contributed by atoms with E-state index in [9.17, 15) is 8.42 Å². The summed E-state index contributed by atoms with van der Waals surface area (Å²) in [6, 6.07) is 5.98. The summed E-state index contributed by atoms with van der Waals surface area (Å²) in [6.07, 6.45) is 0.721. The largest absolute Gasteiger partial charge is 0.495 e. The zero-order valence-corrected chi connectivity index (χ0v) is 11.7. The van der Waals surface area contributed by atoms with Crippen molar-refractivity contribution < 1.29 is 13.2 Å². The molecule has 1 atom stereocenters. The summed E-state index contributed by atoms with van der Waals surface area (Å²) >= 11 is 0. The highest BCUT2D eigenvalue weighted by atomic mass is 32.2. The van der Waals surface area contributed by atoms with Gasteiger partial charge in [0.25, 0.3) is 0 Å². The lowest BCUT2D eigenvalue weighted by Crippen LogP contribution is -2.42. The molecule has 19 heavy (non-hydrogen) atoms. The van der Waals surface area contributed by atoms with E-state index in [-0.39, 0.29) is 11.8 Å². The summed E-state index contributed by atoms with van der Waals surface area (Å²) in [4.78, 5) is 2.21. The number of rotatable bonds is 2. The maximum absolute atomic E-state index is 11.7. The van der Waals surface area contributed by atoms with Crippen LogP contribution in [0.15, 0.2) is 18.2 Å². The average Bonchev–Trinajstić information content (AvgIpc) is 2.77. The molecule has 0 saturated carbocycles. The maximum atomic E-state index is 11.7. The van der Waals surface area contributed by atoms with Crippen LogP contribution in [0.4, 0.5) is 11.4 Å². The van der Waals surface area contributed by atoms with Crippen LogP contribution in [0.1, 0.15) is 6.42 Å². The van der Waals surface area contributed by atoms with Gasteiger partial charge in [-0.1, -0.05) is 6.07 Å². The summed E-state index contributed by atoms with van der Waals surface area (Å²) in [5.74, 6) is 1.38. The highest BCUT2D eigenvalue weighted by Crippen LogP contribution is 2.39. The molecule has 1 saturated heterocycles. The zero-order valence-electron chi connectivity index (χ0n) is 10.9. The second-order valence-corrected chi connectivity index (χ2v) is 7.26. The fourth-order valence-corrected chi connectivity index (χ4v) is 4.66. The third kappa shape index (κ3) is 2.25. The fourth-order valence-electron chi connectivity index (χ4n) is 2.93. The van der Waals surface area contributed by atoms with Gasteiger partial charge in [-0.2, -0.15) is 0 Å². The van der Waals surface area contributed by atoms with E-state index in [1.807, 2.05) is 18.2 Å². The van der Waals surface area contributed by atoms with Crippen LogP contribution in [0.5, 0.6) is 5.75 Å². The number of fused-ring (bicyclic) bond motifs is 1. The van der Waals surface area contributed by atoms with Gasteiger partial charge in [0.15, 0.2) is 9.84 Å². The van der Waals surface area contributed by atoms with Crippen LogP contribution in [0.2, 0.25) is 0 Å². The third-order valence-electron chi connectivity index (χ3n) is 3.84. The number of benzene rings is 1. The van der Waals surface area contributed by atoms with Crippen molar-refractivity contribution in [1.82, 2.24) is 0 Å². The molecule has 1 aromatic rings. The lowest BCUT2D eigenvalue weighted by atomic mass is 10.1. The topological polar surface area (TPSA) is 58.6 Å². The van der Waals surface area contributed by atoms with Crippen LogP contribution in [-0.4, -0.2) is 46.2 Å². The van der Waals surface area contributed by atoms with Gasteiger partial charge in [-0.3, -0.25) is 0 Å². The standard InChI is InChI=1S/C13H18N2O3S/c1-18-12-4-2-3-11-13(12)14-6-7-15(11)10-5-8-19(16,17)9-10/h2-4,10,14H,5-9H2,1H3. The lowest BCUT2D eigenvalue weighted by molar-refractivity contribution is 0.416. The van der Waals surface area contributed by atoms with E-state index in [0.717, 1.165) is 36.6 Å². The van der Waals surface area contributed by atoms with Gasteiger partial charge in [-0.25, -0.2) is 8.42 Å². The van der Waals surface area contributed by atoms with E-state index in [1.54, 1.807) is 7.11 Å². The zero-order chi connectivity index (χ0) is 13.5. The van der Waals surface area contributed by atoms with Crippen molar-refractivity contribution in [2.75, 3.05) is 41.9 Å². The Morgan fingerprint density at radius 1 is 1.42 bits per heavy atom. The van der Waals surface area contributed by atoms with Gasteiger partial charge < -0.3 is 15.0 Å². The number of sulfone groups is 1. The van der Waals surface area contributed by atoms with Crippen molar-refractivity contribution >= 4 is 21.2 Å². The smallest absolute Gasteiger partial charge is 0.152 e. The first-order valence-corrected chi connectivity index (χ1v) is 8.31. The van der Waals surface area contributed by atoms with E-state index >= 15 is 0 Å². The van der Waals surface area contributed by atoms with E-state index in [4.69, 9.17) is 4.74 Å². The van der Waals surface area contributed by atoms with Gasteiger partial charge in [0, 0.05) is 19.1 Å². The Balaban J connectivity index is 1.95. The van der Waals surface area contributed by atoms with E-state index < -0.39 is 9.84 Å². The van der Waals surface area contributed by atoms with Crippen LogP contribution >= 0.6 is 0 Å². The van der Waals surface area contributed by atoms with Gasteiger partial charge in [0.1, 0.15) is 11.4 Å². The van der Waals surface area contributed by atoms with Crippen LogP contribution < -0.4 is 15.0 Å². The molecule has 104 valence electrons. The predicted octanol–water partition coefficient (Wildman–Crippen LogP) is 1.11. The van der Waals surface area contributed by atoms with Crippen molar-refractivity contribution in [2.24, 2.45) is 0 Å². The molecule has 2 aliphatic rings. The molecule has 0 radical (unpaired) electrons. The van der Waals surface area contributed by atoms with Crippen LogP contribution in [0.25, 0.3) is 0 Å². The van der Waals surface area contributed by atoms with Crippen molar-refractivity contribution in [2.45, 2.75) is 12.5 Å². The molecule has 0 aromatic heterocycles. The lowest BCUT2D eigenvalue weighted by Gasteiger charge is -2.36. The van der Waals surface area contributed by atoms with Crippen molar-refractivity contribution in [3.63, 3.8) is 0 Å². The second kappa shape index (κ2) is 4.59.